The molecule has 0 saturated carbocycles. The van der Waals surface area contributed by atoms with Gasteiger partial charge in [-0.05, 0) is 72.8 Å². The molecule has 0 aromatic heterocycles. The zero-order valence-corrected chi connectivity index (χ0v) is 16.7. The second-order valence-electron chi connectivity index (χ2n) is 6.78. The van der Waals surface area contributed by atoms with Crippen molar-refractivity contribution >= 4 is 28.4 Å². The van der Waals surface area contributed by atoms with Crippen molar-refractivity contribution in [3.8, 4) is 5.75 Å². The maximum Gasteiger partial charge on any atom is 0.119 e. The van der Waals surface area contributed by atoms with E-state index in [-0.39, 0.29) is 0 Å². The average molecular weight is 380 g/mol. The highest BCUT2D eigenvalue weighted by molar-refractivity contribution is 5.77. The quantitative estimate of drug-likeness (QED) is 0.360. The Bertz CT molecular complexity index is 990. The van der Waals surface area contributed by atoms with Gasteiger partial charge in [0, 0.05) is 35.5 Å². The van der Waals surface area contributed by atoms with Gasteiger partial charge in [-0.3, -0.25) is 0 Å². The van der Waals surface area contributed by atoms with Crippen LogP contribution in [-0.2, 0) is 0 Å². The second-order valence-corrected chi connectivity index (χ2v) is 6.78. The van der Waals surface area contributed by atoms with Crippen molar-refractivity contribution < 1.29 is 4.74 Å². The Labute approximate surface area is 172 Å². The second kappa shape index (κ2) is 8.53. The first kappa shape index (κ1) is 18.6. The molecule has 29 heavy (non-hydrogen) atoms. The number of anilines is 5. The molecule has 3 nitrogen and oxygen atoms in total. The summed E-state index contributed by atoms with van der Waals surface area (Å²) < 4.78 is 5.26. The van der Waals surface area contributed by atoms with Crippen LogP contribution in [-0.4, -0.2) is 14.2 Å². The number of benzene rings is 4. The average Bonchev–Trinajstić information content (AvgIpc) is 2.81. The highest BCUT2D eigenvalue weighted by Crippen LogP contribution is 2.35. The topological polar surface area (TPSA) is 15.7 Å². The van der Waals surface area contributed by atoms with E-state index in [4.69, 9.17) is 4.74 Å². The van der Waals surface area contributed by atoms with Crippen molar-refractivity contribution in [2.24, 2.45) is 0 Å². The molecular formula is C26H24N2O. The molecule has 0 bridgehead atoms. The molecule has 4 aromatic rings. The number of nitrogens with zero attached hydrogens (tertiary/aromatic N) is 2. The summed E-state index contributed by atoms with van der Waals surface area (Å²) in [6.07, 6.45) is 0. The maximum atomic E-state index is 5.26. The fourth-order valence-corrected chi connectivity index (χ4v) is 3.38. The standard InChI is InChI=1S/C26H24N2O/c1-27(22-17-19-26(29-2)20-18-22)21-13-15-25(16-14-21)28(23-9-5-3-6-10-23)24-11-7-4-8-12-24/h3-20H,1-2H3. The molecule has 0 unspecified atom stereocenters. The van der Waals surface area contributed by atoms with Crippen LogP contribution < -0.4 is 14.5 Å². The van der Waals surface area contributed by atoms with Crippen LogP contribution in [0, 0.1) is 0 Å². The fraction of sp³-hybridized carbons (Fsp3) is 0.0769. The molecule has 0 aliphatic heterocycles. The van der Waals surface area contributed by atoms with E-state index in [2.05, 4.69) is 102 Å². The molecule has 0 radical (unpaired) electrons. The molecule has 0 amide bonds. The smallest absolute Gasteiger partial charge is 0.119 e. The summed E-state index contributed by atoms with van der Waals surface area (Å²) in [5.74, 6) is 0.860. The Morgan fingerprint density at radius 3 is 1.31 bits per heavy atom. The molecule has 3 heteroatoms. The summed E-state index contributed by atoms with van der Waals surface area (Å²) in [7, 11) is 3.76. The molecule has 0 aliphatic rings. The maximum absolute atomic E-state index is 5.26. The van der Waals surface area contributed by atoms with E-state index >= 15 is 0 Å². The van der Waals surface area contributed by atoms with E-state index in [0.717, 1.165) is 34.2 Å². The number of methoxy groups -OCH3 is 1. The summed E-state index contributed by atoms with van der Waals surface area (Å²) in [5.41, 5.74) is 5.63. The first-order valence-corrected chi connectivity index (χ1v) is 9.64. The number of para-hydroxylation sites is 2. The minimum absolute atomic E-state index is 0.860. The molecule has 0 fully saturated rings. The summed E-state index contributed by atoms with van der Waals surface area (Å²) in [6.45, 7) is 0. The third kappa shape index (κ3) is 4.09. The first-order valence-electron chi connectivity index (χ1n) is 9.64. The van der Waals surface area contributed by atoms with Gasteiger partial charge in [-0.15, -0.1) is 0 Å². The van der Waals surface area contributed by atoms with Crippen molar-refractivity contribution in [3.05, 3.63) is 109 Å². The lowest BCUT2D eigenvalue weighted by molar-refractivity contribution is 0.415. The van der Waals surface area contributed by atoms with E-state index in [0.29, 0.717) is 0 Å². The summed E-state index contributed by atoms with van der Waals surface area (Å²) in [4.78, 5) is 4.43. The molecule has 0 spiro atoms. The predicted octanol–water partition coefficient (Wildman–Crippen LogP) is 6.93. The van der Waals surface area contributed by atoms with Gasteiger partial charge in [-0.1, -0.05) is 36.4 Å². The number of rotatable bonds is 6. The van der Waals surface area contributed by atoms with Crippen molar-refractivity contribution in [1.82, 2.24) is 0 Å². The summed E-state index contributed by atoms with van der Waals surface area (Å²) in [6, 6.07) is 37.6. The van der Waals surface area contributed by atoms with Gasteiger partial charge in [0.1, 0.15) is 5.75 Å². The Morgan fingerprint density at radius 1 is 0.483 bits per heavy atom. The monoisotopic (exact) mass is 380 g/mol. The molecular weight excluding hydrogens is 356 g/mol. The third-order valence-corrected chi connectivity index (χ3v) is 4.98. The number of hydrogen-bond donors (Lipinski definition) is 0. The molecule has 0 atom stereocenters. The van der Waals surface area contributed by atoms with Gasteiger partial charge in [0.15, 0.2) is 0 Å². The van der Waals surface area contributed by atoms with Crippen LogP contribution in [0.2, 0.25) is 0 Å². The minimum Gasteiger partial charge on any atom is -0.497 e. The van der Waals surface area contributed by atoms with Crippen LogP contribution in [0.5, 0.6) is 5.75 Å². The van der Waals surface area contributed by atoms with Crippen LogP contribution in [0.1, 0.15) is 0 Å². The van der Waals surface area contributed by atoms with Crippen LogP contribution in [0.15, 0.2) is 109 Å². The van der Waals surface area contributed by atoms with Crippen molar-refractivity contribution in [2.75, 3.05) is 24.0 Å². The molecule has 0 heterocycles. The lowest BCUT2D eigenvalue weighted by Gasteiger charge is -2.26. The number of hydrogen-bond acceptors (Lipinski definition) is 3. The largest absolute Gasteiger partial charge is 0.497 e. The summed E-state index contributed by atoms with van der Waals surface area (Å²) in [5, 5.41) is 0. The van der Waals surface area contributed by atoms with Crippen LogP contribution in [0.3, 0.4) is 0 Å². The van der Waals surface area contributed by atoms with Crippen LogP contribution in [0.25, 0.3) is 0 Å². The zero-order chi connectivity index (χ0) is 20.1. The lowest BCUT2D eigenvalue weighted by atomic mass is 10.1. The van der Waals surface area contributed by atoms with Gasteiger partial charge >= 0.3 is 0 Å². The zero-order valence-electron chi connectivity index (χ0n) is 16.7. The summed E-state index contributed by atoms with van der Waals surface area (Å²) >= 11 is 0. The normalized spacial score (nSPS) is 10.4. The Morgan fingerprint density at radius 2 is 0.862 bits per heavy atom. The molecule has 0 N–H and O–H groups in total. The Kier molecular flexibility index (Phi) is 5.48. The van der Waals surface area contributed by atoms with Gasteiger partial charge in [0.2, 0.25) is 0 Å². The highest BCUT2D eigenvalue weighted by atomic mass is 16.5. The van der Waals surface area contributed by atoms with Gasteiger partial charge in [0.05, 0.1) is 7.11 Å². The molecule has 0 saturated heterocycles. The van der Waals surface area contributed by atoms with Gasteiger partial charge in [0.25, 0.3) is 0 Å². The first-order chi connectivity index (χ1) is 14.3. The van der Waals surface area contributed by atoms with E-state index in [1.165, 1.54) is 0 Å². The van der Waals surface area contributed by atoms with E-state index in [9.17, 15) is 0 Å². The molecule has 0 aliphatic carbocycles. The molecule has 144 valence electrons. The van der Waals surface area contributed by atoms with Gasteiger partial charge in [-0.25, -0.2) is 0 Å². The predicted molar refractivity (Wildman–Crippen MR) is 122 cm³/mol. The molecule has 4 rings (SSSR count). The van der Waals surface area contributed by atoms with Gasteiger partial charge < -0.3 is 14.5 Å². The Hall–Kier alpha value is -3.72. The van der Waals surface area contributed by atoms with Crippen LogP contribution >= 0.6 is 0 Å². The fourth-order valence-electron chi connectivity index (χ4n) is 3.38. The van der Waals surface area contributed by atoms with Crippen LogP contribution in [0.4, 0.5) is 28.4 Å². The molecule has 4 aromatic carbocycles. The van der Waals surface area contributed by atoms with E-state index in [1.54, 1.807) is 7.11 Å². The lowest BCUT2D eigenvalue weighted by Crippen LogP contribution is -2.11. The van der Waals surface area contributed by atoms with Crippen molar-refractivity contribution in [3.63, 3.8) is 0 Å². The van der Waals surface area contributed by atoms with E-state index in [1.807, 2.05) is 24.3 Å². The van der Waals surface area contributed by atoms with Gasteiger partial charge in [-0.2, -0.15) is 0 Å². The van der Waals surface area contributed by atoms with Crippen molar-refractivity contribution in [2.45, 2.75) is 0 Å². The minimum atomic E-state index is 0.860. The van der Waals surface area contributed by atoms with Crippen molar-refractivity contribution in [1.29, 1.82) is 0 Å². The Balaban J connectivity index is 1.65. The number of ether oxygens (including phenoxy) is 1. The van der Waals surface area contributed by atoms with E-state index < -0.39 is 0 Å². The third-order valence-electron chi connectivity index (χ3n) is 4.98. The highest BCUT2D eigenvalue weighted by Gasteiger charge is 2.12. The SMILES string of the molecule is COc1ccc(N(C)c2ccc(N(c3ccccc3)c3ccccc3)cc2)cc1.